The molecule has 1 aromatic carbocycles. The smallest absolute Gasteiger partial charge is 0.286 e. The van der Waals surface area contributed by atoms with E-state index in [-0.39, 0.29) is 0 Å². The predicted octanol–water partition coefficient (Wildman–Crippen LogP) is 2.84. The first kappa shape index (κ1) is 18.7. The summed E-state index contributed by atoms with van der Waals surface area (Å²) in [7, 11) is 1.74. The van der Waals surface area contributed by atoms with Gasteiger partial charge in [0.1, 0.15) is 12.3 Å². The number of halogens is 1. The Labute approximate surface area is 164 Å². The Morgan fingerprint density at radius 1 is 1.11 bits per heavy atom. The highest BCUT2D eigenvalue weighted by atomic mass is 79.9. The van der Waals surface area contributed by atoms with Crippen molar-refractivity contribution in [2.75, 3.05) is 0 Å². The van der Waals surface area contributed by atoms with Crippen molar-refractivity contribution >= 4 is 27.7 Å². The number of aryl methyl sites for hydroxylation is 1. The molecule has 3 rings (SSSR count). The van der Waals surface area contributed by atoms with Crippen LogP contribution in [0, 0.1) is 0 Å². The second-order valence-electron chi connectivity index (χ2n) is 5.72. The van der Waals surface area contributed by atoms with Crippen molar-refractivity contribution in [1.29, 1.82) is 0 Å². The number of nitrogens with one attached hydrogen (secondary N) is 2. The molecule has 2 heterocycles. The number of amides is 2. The van der Waals surface area contributed by atoms with Gasteiger partial charge < -0.3 is 9.30 Å². The number of carbonyl (C=O) groups is 2. The predicted molar refractivity (Wildman–Crippen MR) is 103 cm³/mol. The van der Waals surface area contributed by atoms with Crippen LogP contribution in [-0.4, -0.2) is 21.4 Å². The van der Waals surface area contributed by atoms with Crippen LogP contribution < -0.4 is 15.6 Å². The van der Waals surface area contributed by atoms with Gasteiger partial charge >= 0.3 is 0 Å². The van der Waals surface area contributed by atoms with Crippen LogP contribution in [0.15, 0.2) is 65.4 Å². The minimum absolute atomic E-state index is 0.321. The van der Waals surface area contributed by atoms with Gasteiger partial charge in [-0.15, -0.1) is 0 Å². The highest BCUT2D eigenvalue weighted by molar-refractivity contribution is 9.10. The lowest BCUT2D eigenvalue weighted by atomic mass is 10.2. The number of hydrazine groups is 1. The molecule has 0 saturated carbocycles. The number of nitrogens with zero attached hydrogens (tertiary/aromatic N) is 2. The first-order valence-electron chi connectivity index (χ1n) is 8.08. The highest BCUT2D eigenvalue weighted by Crippen LogP contribution is 2.14. The maximum absolute atomic E-state index is 12.3. The largest absolute Gasteiger partial charge is 0.473 e. The fourth-order valence-corrected chi connectivity index (χ4v) is 2.88. The third kappa shape index (κ3) is 4.95. The van der Waals surface area contributed by atoms with Crippen LogP contribution in [-0.2, 0) is 13.7 Å². The van der Waals surface area contributed by atoms with Crippen molar-refractivity contribution in [3.8, 4) is 5.88 Å². The van der Waals surface area contributed by atoms with Gasteiger partial charge in [0.15, 0.2) is 0 Å². The van der Waals surface area contributed by atoms with Gasteiger partial charge in [-0.25, -0.2) is 4.98 Å². The number of aromatic nitrogens is 2. The van der Waals surface area contributed by atoms with Crippen LogP contribution in [0.2, 0.25) is 0 Å². The van der Waals surface area contributed by atoms with Crippen LogP contribution in [0.4, 0.5) is 0 Å². The molecule has 0 bridgehead atoms. The molecule has 2 amide bonds. The Hall–Kier alpha value is -3.13. The zero-order chi connectivity index (χ0) is 19.2. The Bertz CT molecular complexity index is 957. The summed E-state index contributed by atoms with van der Waals surface area (Å²) in [5.74, 6) is -0.570. The summed E-state index contributed by atoms with van der Waals surface area (Å²) in [5.41, 5.74) is 6.49. The molecular formula is C19H17BrN4O3. The average molecular weight is 429 g/mol. The maximum atomic E-state index is 12.3. The summed E-state index contributed by atoms with van der Waals surface area (Å²) in [6.07, 6.45) is 3.22. The van der Waals surface area contributed by atoms with Gasteiger partial charge in [-0.1, -0.05) is 30.3 Å². The van der Waals surface area contributed by atoms with Gasteiger partial charge in [-0.2, -0.15) is 0 Å². The van der Waals surface area contributed by atoms with Crippen LogP contribution in [0.3, 0.4) is 0 Å². The molecular weight excluding hydrogens is 412 g/mol. The van der Waals surface area contributed by atoms with Gasteiger partial charge in [0.25, 0.3) is 11.8 Å². The highest BCUT2D eigenvalue weighted by Gasteiger charge is 2.13. The van der Waals surface area contributed by atoms with E-state index in [4.69, 9.17) is 4.74 Å². The second-order valence-corrected chi connectivity index (χ2v) is 6.64. The van der Waals surface area contributed by atoms with Crippen LogP contribution in [0.1, 0.15) is 26.4 Å². The Balaban J connectivity index is 1.58. The molecule has 0 radical (unpaired) electrons. The normalized spacial score (nSPS) is 10.3. The zero-order valence-electron chi connectivity index (χ0n) is 14.5. The minimum atomic E-state index is -0.469. The average Bonchev–Trinajstić information content (AvgIpc) is 3.03. The number of pyridine rings is 1. The maximum Gasteiger partial charge on any atom is 0.286 e. The molecule has 8 heteroatoms. The van der Waals surface area contributed by atoms with Crippen molar-refractivity contribution in [1.82, 2.24) is 20.4 Å². The van der Waals surface area contributed by atoms with E-state index in [1.165, 1.54) is 18.3 Å². The molecule has 27 heavy (non-hydrogen) atoms. The summed E-state index contributed by atoms with van der Waals surface area (Å²) in [6.45, 7) is 0.345. The van der Waals surface area contributed by atoms with Gasteiger partial charge in [0.2, 0.25) is 5.88 Å². The molecule has 138 valence electrons. The summed E-state index contributed by atoms with van der Waals surface area (Å²) in [5, 5.41) is 0. The molecule has 0 aliphatic rings. The number of carbonyl (C=O) groups excluding carboxylic acids is 2. The van der Waals surface area contributed by atoms with E-state index in [2.05, 4.69) is 31.8 Å². The molecule has 3 aromatic rings. The third-order valence-corrected chi connectivity index (χ3v) is 4.15. The van der Waals surface area contributed by atoms with E-state index < -0.39 is 11.8 Å². The van der Waals surface area contributed by atoms with Crippen LogP contribution >= 0.6 is 15.9 Å². The Morgan fingerprint density at radius 3 is 2.56 bits per heavy atom. The van der Waals surface area contributed by atoms with E-state index in [1.54, 1.807) is 23.9 Å². The van der Waals surface area contributed by atoms with E-state index in [9.17, 15) is 9.59 Å². The molecule has 7 nitrogen and oxygen atoms in total. The molecule has 0 fully saturated rings. The number of ether oxygens (including phenoxy) is 1. The molecule has 0 aliphatic heterocycles. The minimum Gasteiger partial charge on any atom is -0.473 e. The van der Waals surface area contributed by atoms with E-state index in [1.807, 2.05) is 30.3 Å². The summed E-state index contributed by atoms with van der Waals surface area (Å²) in [4.78, 5) is 28.5. The van der Waals surface area contributed by atoms with Crippen molar-refractivity contribution in [3.63, 3.8) is 0 Å². The molecule has 0 aliphatic carbocycles. The SMILES string of the molecule is Cn1cc(Br)cc1C(=O)NNC(=O)c1ccnc(OCc2ccccc2)c1. The van der Waals surface area contributed by atoms with E-state index in [0.717, 1.165) is 10.0 Å². The van der Waals surface area contributed by atoms with Gasteiger partial charge in [-0.05, 0) is 33.6 Å². The fourth-order valence-electron chi connectivity index (χ4n) is 2.36. The summed E-state index contributed by atoms with van der Waals surface area (Å²) < 4.78 is 8.03. The first-order chi connectivity index (χ1) is 13.0. The van der Waals surface area contributed by atoms with Crippen molar-refractivity contribution < 1.29 is 14.3 Å². The van der Waals surface area contributed by atoms with Gasteiger partial charge in [0.05, 0.1) is 0 Å². The fraction of sp³-hybridized carbons (Fsp3) is 0.105. The van der Waals surface area contributed by atoms with Crippen LogP contribution in [0.25, 0.3) is 0 Å². The molecule has 0 atom stereocenters. The van der Waals surface area contributed by atoms with E-state index in [0.29, 0.717) is 23.7 Å². The van der Waals surface area contributed by atoms with Gasteiger partial charge in [0, 0.05) is 35.5 Å². The second kappa shape index (κ2) is 8.50. The van der Waals surface area contributed by atoms with E-state index >= 15 is 0 Å². The summed E-state index contributed by atoms with van der Waals surface area (Å²) in [6, 6.07) is 14.4. The number of hydrogen-bond acceptors (Lipinski definition) is 4. The van der Waals surface area contributed by atoms with Crippen LogP contribution in [0.5, 0.6) is 5.88 Å². The molecule has 2 aromatic heterocycles. The first-order valence-corrected chi connectivity index (χ1v) is 8.87. The number of rotatable bonds is 5. The quantitative estimate of drug-likeness (QED) is 0.611. The Kier molecular flexibility index (Phi) is 5.87. The molecule has 2 N–H and O–H groups in total. The lowest BCUT2D eigenvalue weighted by Gasteiger charge is -2.09. The van der Waals surface area contributed by atoms with Crippen molar-refractivity contribution in [2.45, 2.75) is 6.61 Å². The van der Waals surface area contributed by atoms with Crippen molar-refractivity contribution in [2.24, 2.45) is 7.05 Å². The summed E-state index contributed by atoms with van der Waals surface area (Å²) >= 11 is 3.30. The molecule has 0 saturated heterocycles. The number of hydrogen-bond donors (Lipinski definition) is 2. The third-order valence-electron chi connectivity index (χ3n) is 3.72. The monoisotopic (exact) mass is 428 g/mol. The number of benzene rings is 1. The lowest BCUT2D eigenvalue weighted by molar-refractivity contribution is 0.0842. The molecule has 0 spiro atoms. The van der Waals surface area contributed by atoms with Crippen molar-refractivity contribution in [3.05, 3.63) is 82.2 Å². The zero-order valence-corrected chi connectivity index (χ0v) is 16.1. The Morgan fingerprint density at radius 2 is 1.85 bits per heavy atom. The lowest BCUT2D eigenvalue weighted by Crippen LogP contribution is -2.42. The standard InChI is InChI=1S/C19H17BrN4O3/c1-24-11-15(20)10-16(24)19(26)23-22-18(25)14-7-8-21-17(9-14)27-12-13-5-3-2-4-6-13/h2-11H,12H2,1H3,(H,22,25)(H,23,26). The van der Waals surface area contributed by atoms with Gasteiger partial charge in [-0.3, -0.25) is 20.4 Å². The molecule has 0 unspecified atom stereocenters. The topological polar surface area (TPSA) is 85.3 Å².